The summed E-state index contributed by atoms with van der Waals surface area (Å²) in [5, 5.41) is 40.9. The van der Waals surface area contributed by atoms with Gasteiger partial charge in [0.25, 0.3) is 0 Å². The molecule has 0 radical (unpaired) electrons. The number of carbonyl (C=O) groups is 8. The molecule has 1 aliphatic rings. The number of aromatic hydroxyl groups is 1. The number of phenolic OH excluding ortho intramolecular Hbond substituents is 1. The Balaban J connectivity index is 1.92. The summed E-state index contributed by atoms with van der Waals surface area (Å²) in [6.07, 6.45) is -4.85. The Bertz CT molecular complexity index is 2280. The first-order valence-electron chi connectivity index (χ1n) is 24.8. The van der Waals surface area contributed by atoms with Gasteiger partial charge in [0.2, 0.25) is 23.6 Å². The highest BCUT2D eigenvalue weighted by molar-refractivity contribution is 5.94. The van der Waals surface area contributed by atoms with Crippen LogP contribution in [-0.4, -0.2) is 149 Å². The van der Waals surface area contributed by atoms with Crippen LogP contribution in [0.15, 0.2) is 42.5 Å². The molecule has 5 atom stereocenters. The molecule has 0 spiro atoms. The quantitative estimate of drug-likeness (QED) is 0.0829. The second kappa shape index (κ2) is 26.9. The summed E-state index contributed by atoms with van der Waals surface area (Å²) >= 11 is 0. The second-order valence-corrected chi connectivity index (χ2v) is 22.2. The molecule has 74 heavy (non-hydrogen) atoms. The summed E-state index contributed by atoms with van der Waals surface area (Å²) in [4.78, 5) is 108. The van der Waals surface area contributed by atoms with E-state index in [1.54, 1.807) is 119 Å². The van der Waals surface area contributed by atoms with Crippen LogP contribution in [0.2, 0.25) is 0 Å². The second-order valence-electron chi connectivity index (χ2n) is 22.2. The predicted octanol–water partition coefficient (Wildman–Crippen LogP) is 4.46. The van der Waals surface area contributed by atoms with E-state index in [2.05, 4.69) is 37.2 Å². The highest BCUT2D eigenvalue weighted by Gasteiger charge is 2.36. The smallest absolute Gasteiger partial charge is 0.408 e. The number of nitrogens with zero attached hydrogens (tertiary/aromatic N) is 1. The zero-order chi connectivity index (χ0) is 55.8. The highest BCUT2D eigenvalue weighted by atomic mass is 16.6. The lowest BCUT2D eigenvalue weighted by atomic mass is 9.95. The van der Waals surface area contributed by atoms with E-state index in [-0.39, 0.29) is 50.2 Å². The number of nitrogens with one attached hydrogen (secondary N) is 7. The molecule has 4 bridgehead atoms. The van der Waals surface area contributed by atoms with Crippen molar-refractivity contribution in [2.24, 2.45) is 0 Å². The number of hydrogen-bond donors (Lipinski definition) is 9. The average Bonchev–Trinajstić information content (AvgIpc) is 3.25. The van der Waals surface area contributed by atoms with Gasteiger partial charge in [-0.3, -0.25) is 19.2 Å². The summed E-state index contributed by atoms with van der Waals surface area (Å²) < 4.78 is 21.4. The lowest BCUT2D eigenvalue weighted by molar-refractivity contribution is -0.142. The van der Waals surface area contributed by atoms with Gasteiger partial charge in [-0.2, -0.15) is 0 Å². The maximum atomic E-state index is 14.7. The van der Waals surface area contributed by atoms with Crippen molar-refractivity contribution in [2.45, 2.75) is 174 Å². The van der Waals surface area contributed by atoms with Crippen LogP contribution >= 0.6 is 0 Å². The zero-order valence-electron chi connectivity index (χ0n) is 45.2. The molecule has 1 heterocycles. The number of rotatable bonds is 16. The number of carbonyl (C=O) groups excluding carboxylic acids is 8. The van der Waals surface area contributed by atoms with Gasteiger partial charge in [-0.25, -0.2) is 19.2 Å². The summed E-state index contributed by atoms with van der Waals surface area (Å²) in [5.41, 5.74) is -1.13. The number of aliphatic hydroxyl groups excluding tert-OH is 1. The molecule has 9 N–H and O–H groups in total. The van der Waals surface area contributed by atoms with Crippen LogP contribution in [0.5, 0.6) is 5.75 Å². The number of likely N-dealkylation sites (N-methyl/N-ethyl adjacent to an activating group) is 1. The van der Waals surface area contributed by atoms with Gasteiger partial charge in [-0.05, 0) is 130 Å². The summed E-state index contributed by atoms with van der Waals surface area (Å²) in [5.74, 6) is -3.06. The molecule has 0 saturated heterocycles. The molecule has 3 rings (SSSR count). The molecular weight excluding hydrogens is 961 g/mol. The van der Waals surface area contributed by atoms with Gasteiger partial charge in [-0.1, -0.05) is 30.3 Å². The van der Waals surface area contributed by atoms with Crippen molar-refractivity contribution in [3.63, 3.8) is 0 Å². The van der Waals surface area contributed by atoms with Crippen molar-refractivity contribution in [1.29, 1.82) is 0 Å². The van der Waals surface area contributed by atoms with E-state index in [9.17, 15) is 48.6 Å². The van der Waals surface area contributed by atoms with Crippen LogP contribution in [0.4, 0.5) is 19.2 Å². The zero-order valence-corrected chi connectivity index (χ0v) is 45.2. The van der Waals surface area contributed by atoms with Gasteiger partial charge in [0.1, 0.15) is 46.3 Å². The van der Waals surface area contributed by atoms with Crippen molar-refractivity contribution < 1.29 is 67.5 Å². The first-order valence-corrected chi connectivity index (χ1v) is 24.8. The number of ether oxygens (including phenoxy) is 4. The summed E-state index contributed by atoms with van der Waals surface area (Å²) in [6.45, 7) is 19.8. The largest absolute Gasteiger partial charge is 0.508 e. The topological polar surface area (TPSA) is 301 Å². The number of aliphatic hydroxyl groups is 1. The minimum atomic E-state index is -1.57. The van der Waals surface area contributed by atoms with Gasteiger partial charge in [0, 0.05) is 65.0 Å². The van der Waals surface area contributed by atoms with Gasteiger partial charge < -0.3 is 71.3 Å². The predicted molar refractivity (Wildman–Crippen MR) is 275 cm³/mol. The fourth-order valence-corrected chi connectivity index (χ4v) is 7.37. The first kappa shape index (κ1) is 61.5. The number of fused-ring (bicyclic) bond motifs is 5. The van der Waals surface area contributed by atoms with Crippen molar-refractivity contribution in [2.75, 3.05) is 33.2 Å². The van der Waals surface area contributed by atoms with Crippen LogP contribution < -0.4 is 37.2 Å². The lowest BCUT2D eigenvalue weighted by Gasteiger charge is -2.32. The van der Waals surface area contributed by atoms with E-state index in [0.29, 0.717) is 29.5 Å². The van der Waals surface area contributed by atoms with E-state index in [4.69, 9.17) is 18.9 Å². The van der Waals surface area contributed by atoms with Crippen LogP contribution in [0.1, 0.15) is 120 Å². The average molecular weight is 1040 g/mol. The molecule has 2 aromatic rings. The molecule has 22 heteroatoms. The van der Waals surface area contributed by atoms with E-state index in [0.717, 1.165) is 4.90 Å². The van der Waals surface area contributed by atoms with Crippen LogP contribution in [0.25, 0.3) is 11.1 Å². The molecule has 0 fully saturated rings. The fourth-order valence-electron chi connectivity index (χ4n) is 7.37. The van der Waals surface area contributed by atoms with Gasteiger partial charge in [0.05, 0.1) is 6.10 Å². The summed E-state index contributed by atoms with van der Waals surface area (Å²) in [6, 6.07) is 7.00. The van der Waals surface area contributed by atoms with E-state index < -0.39 is 114 Å². The van der Waals surface area contributed by atoms with Crippen molar-refractivity contribution in [3.8, 4) is 16.9 Å². The van der Waals surface area contributed by atoms with E-state index in [1.165, 1.54) is 13.1 Å². The van der Waals surface area contributed by atoms with Gasteiger partial charge >= 0.3 is 24.4 Å². The highest BCUT2D eigenvalue weighted by Crippen LogP contribution is 2.29. The fraction of sp³-hybridized carbons (Fsp3) is 0.615. The minimum absolute atomic E-state index is 0.0163. The molecule has 8 amide bonds. The van der Waals surface area contributed by atoms with Crippen LogP contribution in [0.3, 0.4) is 0 Å². The standard InChI is InChI=1S/C52H80N8O14/c1-49(2,3)71-45(67)54-22-15-18-35(57-47(69)73-51(7,8)9)29-55-41(63)21-23-53-43(65)39-25-31-16-14-17-32(24-31)33-19-20-40(62)34(26-33)27-37(59-48(70)74-52(10,11)12)42(64)58-38(44(66)60(39)13)28-36(61)30-56-46(68)72-50(4,5)6/h14,16-17,19-20,24,26,35-39,61-62H,15,18,21-23,25,27-30H2,1-13H3,(H,53,65)(H,54,67)(H,55,63)(H,56,68)(H,57,69)(H,58,64)(H,59,70)/t35-,36+,37-,38-,39-/m0/s1. The monoisotopic (exact) mass is 1040 g/mol. The molecule has 412 valence electrons. The Morgan fingerprint density at radius 2 is 1.28 bits per heavy atom. The first-order chi connectivity index (χ1) is 34.2. The Morgan fingerprint density at radius 1 is 0.703 bits per heavy atom. The Hall–Kier alpha value is -6.84. The third kappa shape index (κ3) is 23.4. The molecule has 0 unspecified atom stereocenters. The van der Waals surface area contributed by atoms with Crippen molar-refractivity contribution in [1.82, 2.24) is 42.1 Å². The van der Waals surface area contributed by atoms with E-state index in [1.807, 2.05) is 0 Å². The van der Waals surface area contributed by atoms with Crippen LogP contribution in [0, 0.1) is 0 Å². The SMILES string of the molecule is CN1C(=O)[C@H](C[C@@H](O)CNC(=O)OC(C)(C)C)NC(=O)[C@@H](NC(=O)OC(C)(C)C)Cc2cc(ccc2O)-c2cccc(c2)C[C@H]1C(=O)NCCC(=O)NC[C@H](CCCNC(=O)OC(C)(C)C)NC(=O)OC(C)(C)C. The number of alkyl carbamates (subject to hydrolysis) is 4. The third-order valence-electron chi connectivity index (χ3n) is 10.6. The third-order valence-corrected chi connectivity index (χ3v) is 10.6. The molecular formula is C52H80N8O14. The molecule has 22 nitrogen and oxygen atoms in total. The van der Waals surface area contributed by atoms with E-state index >= 15 is 0 Å². The lowest BCUT2D eigenvalue weighted by Crippen LogP contribution is -2.59. The van der Waals surface area contributed by atoms with Crippen molar-refractivity contribution >= 4 is 48.0 Å². The van der Waals surface area contributed by atoms with Gasteiger partial charge in [0.15, 0.2) is 0 Å². The summed E-state index contributed by atoms with van der Waals surface area (Å²) in [7, 11) is 1.35. The Morgan fingerprint density at radius 3 is 1.91 bits per heavy atom. The molecule has 0 saturated carbocycles. The maximum Gasteiger partial charge on any atom is 0.408 e. The minimum Gasteiger partial charge on any atom is -0.508 e. The number of amides is 8. The molecule has 0 aromatic heterocycles. The number of phenols is 1. The maximum absolute atomic E-state index is 14.7. The molecule has 0 aliphatic carbocycles. The number of benzene rings is 2. The van der Waals surface area contributed by atoms with Gasteiger partial charge in [-0.15, -0.1) is 0 Å². The van der Waals surface area contributed by atoms with Crippen LogP contribution in [-0.2, 0) is 51.0 Å². The normalized spacial score (nSPS) is 17.4. The van der Waals surface area contributed by atoms with Crippen molar-refractivity contribution in [3.05, 3.63) is 53.6 Å². The Labute approximate surface area is 434 Å². The number of hydrogen-bond acceptors (Lipinski definition) is 14. The molecule has 1 aliphatic heterocycles. The molecule has 2 aromatic carbocycles. The Kier molecular flexibility index (Phi) is 22.4.